The third kappa shape index (κ3) is 3.98. The molecule has 2 unspecified atom stereocenters. The zero-order chi connectivity index (χ0) is 21.3. The van der Waals surface area contributed by atoms with Gasteiger partial charge in [-0.05, 0) is 66.6 Å². The van der Waals surface area contributed by atoms with E-state index in [-0.39, 0.29) is 6.10 Å². The molecule has 0 saturated heterocycles. The monoisotopic (exact) mass is 453 g/mol. The van der Waals surface area contributed by atoms with Crippen molar-refractivity contribution in [2.75, 3.05) is 6.54 Å². The molecule has 162 valence electrons. The molecule has 2 heterocycles. The number of benzene rings is 1. The maximum Gasteiger partial charge on any atom is 0.349 e. The molecule has 0 amide bonds. The summed E-state index contributed by atoms with van der Waals surface area (Å²) in [6, 6.07) is 18.2. The van der Waals surface area contributed by atoms with Gasteiger partial charge in [-0.15, -0.1) is 22.7 Å². The first-order valence-electron chi connectivity index (χ1n) is 10.9. The zero-order valence-electron chi connectivity index (χ0n) is 17.3. The van der Waals surface area contributed by atoms with Crippen LogP contribution in [0, 0.1) is 11.8 Å². The van der Waals surface area contributed by atoms with Crippen molar-refractivity contribution < 1.29 is 14.6 Å². The highest BCUT2D eigenvalue weighted by Gasteiger charge is 2.52. The van der Waals surface area contributed by atoms with Crippen LogP contribution in [0.1, 0.15) is 34.6 Å². The minimum absolute atomic E-state index is 0.132. The number of hydrogen-bond donors (Lipinski definition) is 2. The molecule has 0 spiro atoms. The Kier molecular flexibility index (Phi) is 5.97. The third-order valence-electron chi connectivity index (χ3n) is 6.80. The molecule has 2 aromatic heterocycles. The van der Waals surface area contributed by atoms with Crippen molar-refractivity contribution in [3.8, 4) is 0 Å². The summed E-state index contributed by atoms with van der Waals surface area (Å²) < 4.78 is 6.04. The Hall–Kier alpha value is -1.99. The van der Waals surface area contributed by atoms with E-state index in [1.807, 2.05) is 29.0 Å². The van der Waals surface area contributed by atoms with E-state index in [1.165, 1.54) is 34.7 Å². The highest BCUT2D eigenvalue weighted by Crippen LogP contribution is 2.47. The van der Waals surface area contributed by atoms with Gasteiger partial charge in [0.1, 0.15) is 6.10 Å². The Morgan fingerprint density at radius 1 is 1.03 bits per heavy atom. The minimum Gasteiger partial charge on any atom is -0.459 e. The largest absolute Gasteiger partial charge is 0.459 e. The van der Waals surface area contributed by atoms with Crippen molar-refractivity contribution in [2.45, 2.75) is 43.4 Å². The summed E-state index contributed by atoms with van der Waals surface area (Å²) in [6.45, 7) is 0.927. The molecule has 3 aromatic rings. The summed E-state index contributed by atoms with van der Waals surface area (Å²) in [7, 11) is 0. The predicted molar refractivity (Wildman–Crippen MR) is 124 cm³/mol. The van der Waals surface area contributed by atoms with Crippen molar-refractivity contribution in [3.05, 3.63) is 80.7 Å². The van der Waals surface area contributed by atoms with Gasteiger partial charge in [-0.2, -0.15) is 0 Å². The van der Waals surface area contributed by atoms with Gasteiger partial charge in [0.25, 0.3) is 0 Å². The van der Waals surface area contributed by atoms with Gasteiger partial charge in [0, 0.05) is 12.0 Å². The van der Waals surface area contributed by atoms with Crippen molar-refractivity contribution in [2.24, 2.45) is 11.8 Å². The maximum absolute atomic E-state index is 13.3. The van der Waals surface area contributed by atoms with E-state index in [0.717, 1.165) is 25.8 Å². The lowest BCUT2D eigenvalue weighted by Gasteiger charge is -2.29. The minimum atomic E-state index is -1.72. The van der Waals surface area contributed by atoms with E-state index in [0.29, 0.717) is 27.6 Å². The summed E-state index contributed by atoms with van der Waals surface area (Å²) in [4.78, 5) is 14.5. The van der Waals surface area contributed by atoms with Crippen LogP contribution in [0.5, 0.6) is 0 Å². The van der Waals surface area contributed by atoms with E-state index in [4.69, 9.17) is 4.74 Å². The van der Waals surface area contributed by atoms with Crippen LogP contribution in [-0.2, 0) is 21.6 Å². The van der Waals surface area contributed by atoms with E-state index in [1.54, 1.807) is 12.1 Å². The highest BCUT2D eigenvalue weighted by atomic mass is 32.1. The van der Waals surface area contributed by atoms with Crippen LogP contribution in [0.2, 0.25) is 0 Å². The standard InChI is InChI=1S/C25H27NO3S2/c27-24(25(28,21-8-4-14-30-21)22-9-5-15-31-22)29-20-16-18-10-11-19(20)23(18)26-13-12-17-6-2-1-3-7-17/h1-9,14-15,18-20,23,26,28H,10-13,16H2/t18?,19-,20-,23?/m1/s1. The first-order valence-corrected chi connectivity index (χ1v) is 12.7. The SMILES string of the molecule is O=C(O[C@@H]1CC2CC[C@H]1C2NCCc1ccccc1)C(O)(c1cccs1)c1cccs1. The lowest BCUT2D eigenvalue weighted by atomic mass is 9.96. The van der Waals surface area contributed by atoms with Crippen LogP contribution in [0.25, 0.3) is 0 Å². The molecule has 2 N–H and O–H groups in total. The molecule has 2 saturated carbocycles. The van der Waals surface area contributed by atoms with Crippen LogP contribution in [0.15, 0.2) is 65.4 Å². The summed E-state index contributed by atoms with van der Waals surface area (Å²) in [5.41, 5.74) is -0.388. The second kappa shape index (κ2) is 8.87. The molecule has 2 bridgehead atoms. The molecule has 0 aliphatic heterocycles. The maximum atomic E-state index is 13.3. The van der Waals surface area contributed by atoms with Gasteiger partial charge < -0.3 is 15.2 Å². The molecule has 4 nitrogen and oxygen atoms in total. The van der Waals surface area contributed by atoms with Gasteiger partial charge in [0.05, 0.1) is 9.75 Å². The van der Waals surface area contributed by atoms with E-state index < -0.39 is 11.6 Å². The van der Waals surface area contributed by atoms with Crippen LogP contribution in [0.3, 0.4) is 0 Å². The van der Waals surface area contributed by atoms with Crippen LogP contribution in [0.4, 0.5) is 0 Å². The number of carbonyl (C=O) groups excluding carboxylic acids is 1. The topological polar surface area (TPSA) is 58.6 Å². The van der Waals surface area contributed by atoms with Gasteiger partial charge in [-0.1, -0.05) is 42.5 Å². The number of hydrogen-bond acceptors (Lipinski definition) is 6. The van der Waals surface area contributed by atoms with Gasteiger partial charge in [-0.25, -0.2) is 4.79 Å². The smallest absolute Gasteiger partial charge is 0.349 e. The molecule has 2 aliphatic carbocycles. The van der Waals surface area contributed by atoms with Crippen molar-refractivity contribution in [1.29, 1.82) is 0 Å². The number of esters is 1. The Labute approximate surface area is 190 Å². The summed E-state index contributed by atoms with van der Waals surface area (Å²) >= 11 is 2.77. The van der Waals surface area contributed by atoms with Crippen molar-refractivity contribution in [1.82, 2.24) is 5.32 Å². The predicted octanol–water partition coefficient (Wildman–Crippen LogP) is 4.59. The second-order valence-electron chi connectivity index (χ2n) is 8.56. The van der Waals surface area contributed by atoms with E-state index in [2.05, 4.69) is 29.6 Å². The van der Waals surface area contributed by atoms with Crippen molar-refractivity contribution >= 4 is 28.6 Å². The van der Waals surface area contributed by atoms with E-state index >= 15 is 0 Å². The molecular formula is C25H27NO3S2. The average Bonchev–Trinajstić information content (AvgIpc) is 3.59. The normalized spacial score (nSPS) is 25.1. The molecule has 2 fully saturated rings. The first kappa shape index (κ1) is 20.9. The first-order chi connectivity index (χ1) is 15.2. The molecule has 2 aliphatic rings. The quantitative estimate of drug-likeness (QED) is 0.490. The average molecular weight is 454 g/mol. The van der Waals surface area contributed by atoms with Gasteiger partial charge in [0.2, 0.25) is 5.60 Å². The fourth-order valence-electron chi connectivity index (χ4n) is 5.27. The Balaban J connectivity index is 1.25. The third-order valence-corrected chi connectivity index (χ3v) is 8.76. The van der Waals surface area contributed by atoms with Crippen LogP contribution in [-0.4, -0.2) is 29.8 Å². The lowest BCUT2D eigenvalue weighted by molar-refractivity contribution is -0.169. The Bertz CT molecular complexity index is 953. The van der Waals surface area contributed by atoms with Gasteiger partial charge in [-0.3, -0.25) is 0 Å². The number of nitrogens with one attached hydrogen (secondary N) is 1. The summed E-state index contributed by atoms with van der Waals surface area (Å²) in [6.07, 6.45) is 4.00. The Morgan fingerprint density at radius 3 is 2.39 bits per heavy atom. The molecule has 6 heteroatoms. The molecule has 4 atom stereocenters. The summed E-state index contributed by atoms with van der Waals surface area (Å²) in [5, 5.41) is 19.0. The fraction of sp³-hybridized carbons (Fsp3) is 0.400. The number of aliphatic hydroxyl groups is 1. The number of carbonyl (C=O) groups is 1. The molecule has 1 aromatic carbocycles. The number of ether oxygens (including phenoxy) is 1. The van der Waals surface area contributed by atoms with Crippen LogP contribution >= 0.6 is 22.7 Å². The fourth-order valence-corrected chi connectivity index (χ4v) is 6.98. The zero-order valence-corrected chi connectivity index (χ0v) is 18.9. The molecule has 0 radical (unpaired) electrons. The lowest BCUT2D eigenvalue weighted by Crippen LogP contribution is -2.41. The summed E-state index contributed by atoms with van der Waals surface area (Å²) in [5.74, 6) is 0.314. The van der Waals surface area contributed by atoms with Crippen LogP contribution < -0.4 is 5.32 Å². The van der Waals surface area contributed by atoms with Crippen molar-refractivity contribution in [3.63, 3.8) is 0 Å². The highest BCUT2D eigenvalue weighted by molar-refractivity contribution is 7.12. The molecule has 31 heavy (non-hydrogen) atoms. The molecular weight excluding hydrogens is 426 g/mol. The van der Waals surface area contributed by atoms with Gasteiger partial charge in [0.15, 0.2) is 0 Å². The van der Waals surface area contributed by atoms with Gasteiger partial charge >= 0.3 is 5.97 Å². The number of rotatable bonds is 8. The number of fused-ring (bicyclic) bond motifs is 2. The Morgan fingerprint density at radius 2 is 1.74 bits per heavy atom. The molecule has 5 rings (SSSR count). The number of thiophene rings is 2. The van der Waals surface area contributed by atoms with E-state index in [9.17, 15) is 9.90 Å². The second-order valence-corrected chi connectivity index (χ2v) is 10.5.